The van der Waals surface area contributed by atoms with Crippen LogP contribution in [0.1, 0.15) is 20.3 Å². The highest BCUT2D eigenvalue weighted by Crippen LogP contribution is 2.07. The molecule has 0 radical (unpaired) electrons. The van der Waals surface area contributed by atoms with Gasteiger partial charge >= 0.3 is 7.12 Å². The number of nitrogens with zero attached hydrogens (tertiary/aromatic N) is 1. The van der Waals surface area contributed by atoms with Crippen molar-refractivity contribution in [1.82, 2.24) is 4.98 Å². The van der Waals surface area contributed by atoms with E-state index in [1.807, 2.05) is 0 Å². The summed E-state index contributed by atoms with van der Waals surface area (Å²) in [6, 6.07) is 1.58. The van der Waals surface area contributed by atoms with Crippen molar-refractivity contribution >= 4 is 12.6 Å². The van der Waals surface area contributed by atoms with Crippen LogP contribution < -0.4 is 10.2 Å². The highest BCUT2D eigenvalue weighted by molar-refractivity contribution is 6.58. The average Bonchev–Trinajstić information content (AvgIpc) is 2.17. The Morgan fingerprint density at radius 3 is 2.73 bits per heavy atom. The zero-order chi connectivity index (χ0) is 11.3. The van der Waals surface area contributed by atoms with E-state index in [1.54, 1.807) is 12.3 Å². The van der Waals surface area contributed by atoms with Gasteiger partial charge in [0.25, 0.3) is 0 Å². The van der Waals surface area contributed by atoms with E-state index in [0.717, 1.165) is 6.42 Å². The van der Waals surface area contributed by atoms with Crippen molar-refractivity contribution in [3.8, 4) is 5.75 Å². The molecule has 1 heterocycles. The quantitative estimate of drug-likeness (QED) is 0.679. The van der Waals surface area contributed by atoms with Gasteiger partial charge in [-0.15, -0.1) is 0 Å². The molecule has 2 N–H and O–H groups in total. The van der Waals surface area contributed by atoms with Crippen molar-refractivity contribution in [2.45, 2.75) is 20.3 Å². The van der Waals surface area contributed by atoms with Crippen LogP contribution in [0.25, 0.3) is 0 Å². The molecule has 0 bridgehead atoms. The molecular formula is C10H16BNO3. The standard InChI is InChI=1S/C10H16BNO3/c1-8(2)3-4-15-10-5-9(11(13)14)6-12-7-10/h5-8,13-14H,3-4H2,1-2H3. The zero-order valence-electron chi connectivity index (χ0n) is 9.05. The average molecular weight is 209 g/mol. The summed E-state index contributed by atoms with van der Waals surface area (Å²) in [6.07, 6.45) is 3.93. The third-order valence-corrected chi connectivity index (χ3v) is 2.00. The summed E-state index contributed by atoms with van der Waals surface area (Å²) in [5.41, 5.74) is 0.344. The van der Waals surface area contributed by atoms with Crippen molar-refractivity contribution in [3.63, 3.8) is 0 Å². The third kappa shape index (κ3) is 4.31. The molecule has 1 rings (SSSR count). The van der Waals surface area contributed by atoms with Gasteiger partial charge in [-0.25, -0.2) is 0 Å². The molecule has 0 unspecified atom stereocenters. The molecule has 0 aromatic carbocycles. The topological polar surface area (TPSA) is 62.6 Å². The Morgan fingerprint density at radius 2 is 2.13 bits per heavy atom. The van der Waals surface area contributed by atoms with Crippen LogP contribution in [0.4, 0.5) is 0 Å². The van der Waals surface area contributed by atoms with Gasteiger partial charge in [0.2, 0.25) is 0 Å². The first-order valence-electron chi connectivity index (χ1n) is 5.03. The van der Waals surface area contributed by atoms with Gasteiger partial charge in [-0.3, -0.25) is 4.98 Å². The molecule has 82 valence electrons. The van der Waals surface area contributed by atoms with Crippen LogP contribution >= 0.6 is 0 Å². The molecule has 0 aliphatic carbocycles. The highest BCUT2D eigenvalue weighted by Gasteiger charge is 2.11. The predicted octanol–water partition coefficient (Wildman–Crippen LogP) is 0.186. The molecule has 0 saturated carbocycles. The molecule has 0 amide bonds. The van der Waals surface area contributed by atoms with Crippen molar-refractivity contribution in [3.05, 3.63) is 18.5 Å². The highest BCUT2D eigenvalue weighted by atomic mass is 16.5. The first-order valence-corrected chi connectivity index (χ1v) is 5.03. The lowest BCUT2D eigenvalue weighted by atomic mass is 9.82. The van der Waals surface area contributed by atoms with Gasteiger partial charge < -0.3 is 14.8 Å². The fourth-order valence-electron chi connectivity index (χ4n) is 1.07. The first kappa shape index (κ1) is 12.0. The van der Waals surface area contributed by atoms with Crippen LogP contribution in [0.5, 0.6) is 5.75 Å². The number of hydrogen-bond acceptors (Lipinski definition) is 4. The summed E-state index contributed by atoms with van der Waals surface area (Å²) in [5, 5.41) is 17.8. The molecule has 0 aliphatic heterocycles. The summed E-state index contributed by atoms with van der Waals surface area (Å²) in [5.74, 6) is 1.16. The summed E-state index contributed by atoms with van der Waals surface area (Å²) >= 11 is 0. The lowest BCUT2D eigenvalue weighted by Crippen LogP contribution is -2.30. The van der Waals surface area contributed by atoms with Crippen LogP contribution in [-0.2, 0) is 0 Å². The summed E-state index contributed by atoms with van der Waals surface area (Å²) in [7, 11) is -1.49. The van der Waals surface area contributed by atoms with Gasteiger partial charge in [-0.2, -0.15) is 0 Å². The summed E-state index contributed by atoms with van der Waals surface area (Å²) in [6.45, 7) is 4.86. The molecule has 0 spiro atoms. The Morgan fingerprint density at radius 1 is 1.40 bits per heavy atom. The number of aromatic nitrogens is 1. The van der Waals surface area contributed by atoms with Crippen LogP contribution in [0.2, 0.25) is 0 Å². The lowest BCUT2D eigenvalue weighted by Gasteiger charge is -2.08. The van der Waals surface area contributed by atoms with Gasteiger partial charge in [0, 0.05) is 11.7 Å². The van der Waals surface area contributed by atoms with Crippen LogP contribution in [-0.4, -0.2) is 28.8 Å². The molecule has 1 aromatic rings. The van der Waals surface area contributed by atoms with E-state index in [2.05, 4.69) is 18.8 Å². The third-order valence-electron chi connectivity index (χ3n) is 2.00. The molecule has 0 aliphatic rings. The lowest BCUT2D eigenvalue weighted by molar-refractivity contribution is 0.288. The van der Waals surface area contributed by atoms with Gasteiger partial charge in [0.15, 0.2) is 0 Å². The molecule has 0 saturated heterocycles. The monoisotopic (exact) mass is 209 g/mol. The molecule has 1 aromatic heterocycles. The molecule has 4 nitrogen and oxygen atoms in total. The van der Waals surface area contributed by atoms with Crippen molar-refractivity contribution in [2.24, 2.45) is 5.92 Å². The fraction of sp³-hybridized carbons (Fsp3) is 0.500. The van der Waals surface area contributed by atoms with E-state index in [-0.39, 0.29) is 0 Å². The Kier molecular flexibility index (Phi) is 4.58. The Balaban J connectivity index is 2.50. The molecule has 0 fully saturated rings. The van der Waals surface area contributed by atoms with E-state index in [9.17, 15) is 0 Å². The number of ether oxygens (including phenoxy) is 1. The minimum Gasteiger partial charge on any atom is -0.492 e. The number of rotatable bonds is 5. The maximum Gasteiger partial charge on any atom is 0.490 e. The van der Waals surface area contributed by atoms with Gasteiger partial charge in [0.05, 0.1) is 12.8 Å². The van der Waals surface area contributed by atoms with Gasteiger partial charge in [0.1, 0.15) is 5.75 Å². The van der Waals surface area contributed by atoms with Crippen molar-refractivity contribution < 1.29 is 14.8 Å². The van der Waals surface area contributed by atoms with Gasteiger partial charge in [-0.1, -0.05) is 13.8 Å². The maximum atomic E-state index is 8.92. The fourth-order valence-corrected chi connectivity index (χ4v) is 1.07. The molecule has 0 atom stereocenters. The van der Waals surface area contributed by atoms with E-state index in [0.29, 0.717) is 23.7 Å². The number of pyridine rings is 1. The number of hydrogen-bond donors (Lipinski definition) is 2. The van der Waals surface area contributed by atoms with E-state index in [4.69, 9.17) is 14.8 Å². The second kappa shape index (κ2) is 5.73. The van der Waals surface area contributed by atoms with E-state index >= 15 is 0 Å². The normalized spacial score (nSPS) is 10.5. The molecule has 15 heavy (non-hydrogen) atoms. The Hall–Kier alpha value is -1.07. The predicted molar refractivity (Wildman–Crippen MR) is 59.0 cm³/mol. The first-order chi connectivity index (χ1) is 7.09. The summed E-state index contributed by atoms with van der Waals surface area (Å²) in [4.78, 5) is 3.86. The minimum absolute atomic E-state index is 0.344. The second-order valence-corrected chi connectivity index (χ2v) is 3.86. The molecular weight excluding hydrogens is 193 g/mol. The van der Waals surface area contributed by atoms with Crippen LogP contribution in [0.3, 0.4) is 0 Å². The zero-order valence-corrected chi connectivity index (χ0v) is 9.05. The van der Waals surface area contributed by atoms with Crippen molar-refractivity contribution in [1.29, 1.82) is 0 Å². The largest absolute Gasteiger partial charge is 0.492 e. The smallest absolute Gasteiger partial charge is 0.490 e. The minimum atomic E-state index is -1.49. The Labute approximate surface area is 90.1 Å². The van der Waals surface area contributed by atoms with E-state index < -0.39 is 7.12 Å². The van der Waals surface area contributed by atoms with E-state index in [1.165, 1.54) is 6.20 Å². The summed E-state index contributed by atoms with van der Waals surface area (Å²) < 4.78 is 5.42. The SMILES string of the molecule is CC(C)CCOc1cncc(B(O)O)c1. The Bertz CT molecular complexity index is 304. The molecule has 5 heteroatoms. The van der Waals surface area contributed by atoms with Gasteiger partial charge in [-0.05, 0) is 18.4 Å². The van der Waals surface area contributed by atoms with Crippen LogP contribution in [0, 0.1) is 5.92 Å². The maximum absolute atomic E-state index is 8.92. The van der Waals surface area contributed by atoms with Crippen molar-refractivity contribution in [2.75, 3.05) is 6.61 Å². The second-order valence-electron chi connectivity index (χ2n) is 3.86. The van der Waals surface area contributed by atoms with Crippen LogP contribution in [0.15, 0.2) is 18.5 Å².